The Morgan fingerprint density at radius 2 is 1.39 bits per heavy atom. The van der Waals surface area contributed by atoms with Crippen molar-refractivity contribution < 1.29 is 36.9 Å². The molecule has 77 heavy (non-hydrogen) atoms. The van der Waals surface area contributed by atoms with E-state index in [1.165, 1.54) is 69.1 Å². The molecule has 9 heteroatoms. The molecule has 394 valence electrons. The standard InChI is InChI=1S/C68H64BrF3O5/c1-6-8-10-12-42-15-17-43(18-16-42)44-19-21-45(22-20-44)46-23-25-47(26-24-46)65(73)76-59-14-11-13-54-61-56(41-58(69)62(54)59)60-53-36-31-50(68(70,71)72)40-57(53)66(3,4)63(60)55-37-38-67(77-64(55)61,48-27-32-51(74-5)33-28-48)49-29-34-52(35-30-49)75-39-9-7-2/h11,13-14,19-38,40-43H,6-10,12,15-18,39H2,1-5H3. The summed E-state index contributed by atoms with van der Waals surface area (Å²) in [5.74, 6) is 3.28. The molecular formula is C68H64BrF3O5. The fraction of sp³-hybridized carbons (Fsp3) is 0.309. The predicted octanol–water partition coefficient (Wildman–Crippen LogP) is 19.4. The quantitative estimate of drug-likeness (QED) is 0.0443. The Hall–Kier alpha value is -6.84. The Morgan fingerprint density at radius 1 is 0.727 bits per heavy atom. The Morgan fingerprint density at radius 3 is 2.04 bits per heavy atom. The van der Waals surface area contributed by atoms with E-state index in [9.17, 15) is 18.0 Å². The second-order valence-electron chi connectivity index (χ2n) is 21.8. The molecule has 0 bridgehead atoms. The van der Waals surface area contributed by atoms with Gasteiger partial charge < -0.3 is 18.9 Å². The summed E-state index contributed by atoms with van der Waals surface area (Å²) < 4.78 is 69.9. The topological polar surface area (TPSA) is 54.0 Å². The van der Waals surface area contributed by atoms with E-state index in [4.69, 9.17) is 18.9 Å². The number of ether oxygens (including phenoxy) is 4. The number of carbonyl (C=O) groups excluding carboxylic acids is 1. The molecule has 1 fully saturated rings. The number of unbranched alkanes of at least 4 members (excludes halogenated alkanes) is 3. The van der Waals surface area contributed by atoms with Crippen molar-refractivity contribution in [2.75, 3.05) is 13.7 Å². The molecule has 8 aromatic rings. The third kappa shape index (κ3) is 9.72. The van der Waals surface area contributed by atoms with Crippen LogP contribution in [0.25, 0.3) is 49.9 Å². The van der Waals surface area contributed by atoms with E-state index in [1.807, 2.05) is 111 Å². The highest BCUT2D eigenvalue weighted by atomic mass is 79.9. The van der Waals surface area contributed by atoms with Gasteiger partial charge in [0.05, 0.1) is 24.8 Å². The summed E-state index contributed by atoms with van der Waals surface area (Å²) in [4.78, 5) is 14.3. The van der Waals surface area contributed by atoms with Crippen molar-refractivity contribution in [1.29, 1.82) is 0 Å². The third-order valence-corrected chi connectivity index (χ3v) is 17.3. The zero-order valence-corrected chi connectivity index (χ0v) is 46.0. The van der Waals surface area contributed by atoms with Gasteiger partial charge in [0.15, 0.2) is 5.60 Å². The summed E-state index contributed by atoms with van der Waals surface area (Å²) >= 11 is 3.93. The lowest BCUT2D eigenvalue weighted by molar-refractivity contribution is -0.137. The van der Waals surface area contributed by atoms with Crippen LogP contribution in [-0.4, -0.2) is 19.7 Å². The van der Waals surface area contributed by atoms with E-state index in [2.05, 4.69) is 60.1 Å². The van der Waals surface area contributed by atoms with Gasteiger partial charge in [0.25, 0.3) is 0 Å². The molecule has 11 rings (SSSR count). The number of rotatable bonds is 15. The highest BCUT2D eigenvalue weighted by molar-refractivity contribution is 9.10. The van der Waals surface area contributed by atoms with Crippen LogP contribution in [0.5, 0.6) is 23.0 Å². The van der Waals surface area contributed by atoms with Gasteiger partial charge >= 0.3 is 12.1 Å². The molecule has 1 aliphatic heterocycles. The molecule has 0 spiro atoms. The number of esters is 1. The SMILES string of the molecule is CCCCCC1CCC(c2ccc(-c3ccc(C(=O)Oc4cccc5c4c(Br)cc4c6c(c7c(c45)OC(c4ccc(OC)cc4)(c4ccc(OCCCC)cc4)C=C7)C(C)(C)c4cc(C(F)(F)F)ccc4-6)cc3)cc2)CC1. The molecule has 0 saturated heterocycles. The molecule has 1 unspecified atom stereocenters. The summed E-state index contributed by atoms with van der Waals surface area (Å²) in [7, 11) is 1.63. The number of benzene rings is 8. The summed E-state index contributed by atoms with van der Waals surface area (Å²) in [5, 5.41) is 2.88. The molecule has 8 aromatic carbocycles. The van der Waals surface area contributed by atoms with Gasteiger partial charge in [-0.3, -0.25) is 0 Å². The molecule has 0 N–H and O–H groups in total. The van der Waals surface area contributed by atoms with Gasteiger partial charge in [-0.2, -0.15) is 13.2 Å². The molecule has 1 heterocycles. The maximum atomic E-state index is 14.5. The monoisotopic (exact) mass is 1100 g/mol. The predicted molar refractivity (Wildman–Crippen MR) is 308 cm³/mol. The average molecular weight is 1100 g/mol. The van der Waals surface area contributed by atoms with E-state index in [0.717, 1.165) is 79.6 Å². The van der Waals surface area contributed by atoms with Crippen molar-refractivity contribution in [3.63, 3.8) is 0 Å². The van der Waals surface area contributed by atoms with Crippen LogP contribution < -0.4 is 18.9 Å². The second kappa shape index (κ2) is 21.2. The number of halogens is 4. The number of alkyl halides is 3. The van der Waals surface area contributed by atoms with Gasteiger partial charge in [-0.15, -0.1) is 0 Å². The lowest BCUT2D eigenvalue weighted by Crippen LogP contribution is -2.35. The highest BCUT2D eigenvalue weighted by Gasteiger charge is 2.46. The zero-order chi connectivity index (χ0) is 53.6. The van der Waals surface area contributed by atoms with E-state index >= 15 is 0 Å². The molecule has 0 radical (unpaired) electrons. The maximum absolute atomic E-state index is 14.5. The van der Waals surface area contributed by atoms with Crippen molar-refractivity contribution in [2.24, 2.45) is 5.92 Å². The van der Waals surface area contributed by atoms with Crippen LogP contribution in [0.4, 0.5) is 13.2 Å². The van der Waals surface area contributed by atoms with Crippen molar-refractivity contribution >= 4 is 49.5 Å². The van der Waals surface area contributed by atoms with Crippen LogP contribution in [0.3, 0.4) is 0 Å². The van der Waals surface area contributed by atoms with Crippen LogP contribution in [0, 0.1) is 5.92 Å². The largest absolute Gasteiger partial charge is 0.497 e. The van der Waals surface area contributed by atoms with Gasteiger partial charge in [-0.05, 0) is 176 Å². The normalized spacial score (nSPS) is 18.4. The zero-order valence-electron chi connectivity index (χ0n) is 44.4. The summed E-state index contributed by atoms with van der Waals surface area (Å²) in [5.41, 5.74) is 6.55. The van der Waals surface area contributed by atoms with Crippen molar-refractivity contribution in [1.82, 2.24) is 0 Å². The molecule has 3 aliphatic rings. The second-order valence-corrected chi connectivity index (χ2v) is 22.6. The molecule has 5 nitrogen and oxygen atoms in total. The smallest absolute Gasteiger partial charge is 0.416 e. The minimum absolute atomic E-state index is 0.340. The van der Waals surface area contributed by atoms with Crippen LogP contribution in [0.2, 0.25) is 0 Å². The molecule has 0 amide bonds. The van der Waals surface area contributed by atoms with E-state index < -0.39 is 28.7 Å². The van der Waals surface area contributed by atoms with Crippen LogP contribution >= 0.6 is 15.9 Å². The first-order chi connectivity index (χ1) is 37.2. The number of hydrogen-bond donors (Lipinski definition) is 0. The van der Waals surface area contributed by atoms with E-state index in [-0.39, 0.29) is 0 Å². The Balaban J connectivity index is 0.988. The van der Waals surface area contributed by atoms with Crippen LogP contribution in [-0.2, 0) is 17.2 Å². The van der Waals surface area contributed by atoms with E-state index in [0.29, 0.717) is 56.3 Å². The Bertz CT molecular complexity index is 3520. The molecule has 2 aliphatic carbocycles. The van der Waals surface area contributed by atoms with Gasteiger partial charge in [-0.25, -0.2) is 4.79 Å². The van der Waals surface area contributed by atoms with Crippen LogP contribution in [0.15, 0.2) is 150 Å². The first-order valence-electron chi connectivity index (χ1n) is 27.4. The number of hydrogen-bond acceptors (Lipinski definition) is 5. The Labute approximate surface area is 458 Å². The van der Waals surface area contributed by atoms with Crippen molar-refractivity contribution in [3.05, 3.63) is 195 Å². The summed E-state index contributed by atoms with van der Waals surface area (Å²) in [6.45, 7) is 8.97. The lowest BCUT2D eigenvalue weighted by Gasteiger charge is -2.38. The van der Waals surface area contributed by atoms with E-state index in [1.54, 1.807) is 19.2 Å². The first kappa shape index (κ1) is 52.2. The molecular weight excluding hydrogens is 1030 g/mol. The number of fused-ring (bicyclic) bond motifs is 10. The minimum Gasteiger partial charge on any atom is -0.497 e. The van der Waals surface area contributed by atoms with Crippen LogP contribution in [0.1, 0.15) is 147 Å². The fourth-order valence-electron chi connectivity index (χ4n) is 12.4. The molecule has 1 saturated carbocycles. The van der Waals surface area contributed by atoms with Gasteiger partial charge in [0, 0.05) is 37.4 Å². The fourth-order valence-corrected chi connectivity index (χ4v) is 13.1. The lowest BCUT2D eigenvalue weighted by atomic mass is 9.76. The minimum atomic E-state index is -4.54. The number of methoxy groups -OCH3 is 1. The van der Waals surface area contributed by atoms with Crippen molar-refractivity contribution in [3.8, 4) is 45.3 Å². The molecule has 0 aromatic heterocycles. The maximum Gasteiger partial charge on any atom is 0.416 e. The summed E-state index contributed by atoms with van der Waals surface area (Å²) in [6.07, 6.45) is 12.0. The number of carbonyl (C=O) groups is 1. The Kier molecular flexibility index (Phi) is 14.4. The molecule has 1 atom stereocenters. The summed E-state index contributed by atoms with van der Waals surface area (Å²) in [6, 6.07) is 44.0. The highest BCUT2D eigenvalue weighted by Crippen LogP contribution is 2.60. The van der Waals surface area contributed by atoms with Crippen molar-refractivity contribution in [2.45, 2.75) is 115 Å². The first-order valence-corrected chi connectivity index (χ1v) is 28.2. The van der Waals surface area contributed by atoms with Gasteiger partial charge in [-0.1, -0.05) is 145 Å². The third-order valence-electron chi connectivity index (χ3n) is 16.7. The average Bonchev–Trinajstić information content (AvgIpc) is 3.99. The van der Waals surface area contributed by atoms with Gasteiger partial charge in [0.1, 0.15) is 23.0 Å². The van der Waals surface area contributed by atoms with Gasteiger partial charge in [0.2, 0.25) is 0 Å².